The normalized spacial score (nSPS) is 9.95. The molecule has 0 aliphatic heterocycles. The summed E-state index contributed by atoms with van der Waals surface area (Å²) in [7, 11) is 0. The van der Waals surface area contributed by atoms with E-state index < -0.39 is 4.92 Å². The minimum Gasteiger partial charge on any atom is -0.448 e. The van der Waals surface area contributed by atoms with E-state index in [0.29, 0.717) is 18.0 Å². The first-order chi connectivity index (χ1) is 9.22. The summed E-state index contributed by atoms with van der Waals surface area (Å²) in [6.45, 7) is 2.47. The lowest BCUT2D eigenvalue weighted by molar-refractivity contribution is -0.384. The standard InChI is InChI=1S/C13H13N3O3/c1-2-15-11-6-3-7-12(13(11)16(17)18)19-10-5-4-8-14-9-10/h3-9,15H,2H2,1H3. The van der Waals surface area contributed by atoms with Gasteiger partial charge in [0.2, 0.25) is 5.75 Å². The van der Waals surface area contributed by atoms with Crippen molar-refractivity contribution < 1.29 is 9.66 Å². The molecule has 0 spiro atoms. The Hall–Kier alpha value is -2.63. The van der Waals surface area contributed by atoms with Crippen LogP contribution in [0.5, 0.6) is 11.5 Å². The fourth-order valence-corrected chi connectivity index (χ4v) is 1.66. The average molecular weight is 259 g/mol. The number of hydrogen-bond donors (Lipinski definition) is 1. The third-order valence-corrected chi connectivity index (χ3v) is 2.41. The molecule has 1 aromatic heterocycles. The number of aromatic nitrogens is 1. The van der Waals surface area contributed by atoms with Crippen molar-refractivity contribution in [3.63, 3.8) is 0 Å². The van der Waals surface area contributed by atoms with Gasteiger partial charge in [-0.25, -0.2) is 0 Å². The molecule has 6 nitrogen and oxygen atoms in total. The molecule has 2 rings (SSSR count). The third-order valence-electron chi connectivity index (χ3n) is 2.41. The molecule has 0 saturated heterocycles. The maximum Gasteiger partial charge on any atom is 0.334 e. The van der Waals surface area contributed by atoms with E-state index >= 15 is 0 Å². The van der Waals surface area contributed by atoms with Gasteiger partial charge in [-0.1, -0.05) is 6.07 Å². The highest BCUT2D eigenvalue weighted by atomic mass is 16.6. The zero-order valence-corrected chi connectivity index (χ0v) is 10.4. The van der Waals surface area contributed by atoms with Crippen LogP contribution in [0.25, 0.3) is 0 Å². The topological polar surface area (TPSA) is 77.3 Å². The Morgan fingerprint density at radius 1 is 1.37 bits per heavy atom. The lowest BCUT2D eigenvalue weighted by Crippen LogP contribution is -2.02. The van der Waals surface area contributed by atoms with E-state index in [9.17, 15) is 10.1 Å². The second kappa shape index (κ2) is 5.81. The highest BCUT2D eigenvalue weighted by Crippen LogP contribution is 2.37. The number of ether oxygens (including phenoxy) is 1. The highest BCUT2D eigenvalue weighted by molar-refractivity contribution is 5.68. The minimum absolute atomic E-state index is 0.0757. The largest absolute Gasteiger partial charge is 0.448 e. The monoisotopic (exact) mass is 259 g/mol. The van der Waals surface area contributed by atoms with E-state index in [-0.39, 0.29) is 11.4 Å². The van der Waals surface area contributed by atoms with Gasteiger partial charge < -0.3 is 10.1 Å². The van der Waals surface area contributed by atoms with Gasteiger partial charge in [0, 0.05) is 12.7 Å². The van der Waals surface area contributed by atoms with Crippen molar-refractivity contribution in [2.75, 3.05) is 11.9 Å². The molecule has 0 bridgehead atoms. The van der Waals surface area contributed by atoms with Crippen LogP contribution in [0.3, 0.4) is 0 Å². The van der Waals surface area contributed by atoms with Crippen LogP contribution in [0.2, 0.25) is 0 Å². The van der Waals surface area contributed by atoms with Crippen molar-refractivity contribution in [1.29, 1.82) is 0 Å². The number of nitrogens with one attached hydrogen (secondary N) is 1. The van der Waals surface area contributed by atoms with Crippen LogP contribution < -0.4 is 10.1 Å². The molecule has 1 aromatic carbocycles. The number of nitro benzene ring substituents is 1. The van der Waals surface area contributed by atoms with Gasteiger partial charge in [0.05, 0.1) is 11.1 Å². The molecule has 2 aromatic rings. The number of anilines is 1. The molecule has 0 radical (unpaired) electrons. The Morgan fingerprint density at radius 2 is 2.21 bits per heavy atom. The zero-order chi connectivity index (χ0) is 13.7. The maximum absolute atomic E-state index is 11.2. The van der Waals surface area contributed by atoms with E-state index in [1.165, 1.54) is 6.20 Å². The first-order valence-electron chi connectivity index (χ1n) is 5.81. The number of benzene rings is 1. The first kappa shape index (κ1) is 12.8. The minimum atomic E-state index is -0.455. The predicted molar refractivity (Wildman–Crippen MR) is 71.6 cm³/mol. The summed E-state index contributed by atoms with van der Waals surface area (Å²) >= 11 is 0. The smallest absolute Gasteiger partial charge is 0.334 e. The second-order valence-electron chi connectivity index (χ2n) is 3.73. The van der Waals surface area contributed by atoms with Crippen molar-refractivity contribution in [1.82, 2.24) is 4.98 Å². The van der Waals surface area contributed by atoms with Gasteiger partial charge in [0.15, 0.2) is 0 Å². The number of para-hydroxylation sites is 1. The molecule has 98 valence electrons. The van der Waals surface area contributed by atoms with Crippen molar-refractivity contribution in [2.45, 2.75) is 6.92 Å². The Labute approximate surface area is 110 Å². The number of hydrogen-bond acceptors (Lipinski definition) is 5. The van der Waals surface area contributed by atoms with E-state index in [1.54, 1.807) is 36.5 Å². The van der Waals surface area contributed by atoms with Crippen molar-refractivity contribution in [3.8, 4) is 11.5 Å². The van der Waals surface area contributed by atoms with E-state index in [0.717, 1.165) is 0 Å². The quantitative estimate of drug-likeness (QED) is 0.659. The summed E-state index contributed by atoms with van der Waals surface area (Å²) in [5.41, 5.74) is 0.363. The Morgan fingerprint density at radius 3 is 2.84 bits per heavy atom. The number of nitrogens with zero attached hydrogens (tertiary/aromatic N) is 2. The summed E-state index contributed by atoms with van der Waals surface area (Å²) in [6, 6.07) is 8.31. The van der Waals surface area contributed by atoms with Gasteiger partial charge in [0.25, 0.3) is 0 Å². The van der Waals surface area contributed by atoms with Gasteiger partial charge >= 0.3 is 5.69 Å². The van der Waals surface area contributed by atoms with Crippen molar-refractivity contribution >= 4 is 11.4 Å². The average Bonchev–Trinajstić information content (AvgIpc) is 2.40. The molecule has 1 heterocycles. The Balaban J connectivity index is 2.39. The Kier molecular flexibility index (Phi) is 3.92. The van der Waals surface area contributed by atoms with Crippen LogP contribution in [-0.2, 0) is 0 Å². The molecule has 0 saturated carbocycles. The lowest BCUT2D eigenvalue weighted by Gasteiger charge is -2.09. The van der Waals surface area contributed by atoms with Crippen LogP contribution >= 0.6 is 0 Å². The molecule has 0 unspecified atom stereocenters. The SMILES string of the molecule is CCNc1cccc(Oc2cccnc2)c1[N+](=O)[O-]. The summed E-state index contributed by atoms with van der Waals surface area (Å²) in [6.07, 6.45) is 3.11. The fourth-order valence-electron chi connectivity index (χ4n) is 1.66. The third kappa shape index (κ3) is 2.98. The van der Waals surface area contributed by atoms with Gasteiger partial charge in [-0.3, -0.25) is 15.1 Å². The molecular formula is C13H13N3O3. The van der Waals surface area contributed by atoms with Gasteiger partial charge in [-0.2, -0.15) is 0 Å². The predicted octanol–water partition coefficient (Wildman–Crippen LogP) is 3.21. The second-order valence-corrected chi connectivity index (χ2v) is 3.73. The molecular weight excluding hydrogens is 246 g/mol. The van der Waals surface area contributed by atoms with Crippen LogP contribution in [0.4, 0.5) is 11.4 Å². The van der Waals surface area contributed by atoms with E-state index in [4.69, 9.17) is 4.74 Å². The van der Waals surface area contributed by atoms with Crippen LogP contribution in [0.1, 0.15) is 6.92 Å². The summed E-state index contributed by atoms with van der Waals surface area (Å²) in [5, 5.41) is 14.1. The summed E-state index contributed by atoms with van der Waals surface area (Å²) in [4.78, 5) is 14.6. The van der Waals surface area contributed by atoms with E-state index in [1.807, 2.05) is 6.92 Å². The van der Waals surface area contributed by atoms with Gasteiger partial charge in [0.1, 0.15) is 11.4 Å². The fraction of sp³-hybridized carbons (Fsp3) is 0.154. The molecule has 19 heavy (non-hydrogen) atoms. The van der Waals surface area contributed by atoms with Crippen molar-refractivity contribution in [3.05, 3.63) is 52.8 Å². The number of rotatable bonds is 5. The van der Waals surface area contributed by atoms with Crippen LogP contribution in [0.15, 0.2) is 42.7 Å². The lowest BCUT2D eigenvalue weighted by atomic mass is 10.2. The maximum atomic E-state index is 11.2. The summed E-state index contributed by atoms with van der Waals surface area (Å²) < 4.78 is 5.51. The molecule has 0 fully saturated rings. The first-order valence-corrected chi connectivity index (χ1v) is 5.81. The van der Waals surface area contributed by atoms with Gasteiger partial charge in [-0.05, 0) is 31.2 Å². The van der Waals surface area contributed by atoms with Crippen LogP contribution in [-0.4, -0.2) is 16.5 Å². The summed E-state index contributed by atoms with van der Waals surface area (Å²) in [5.74, 6) is 0.649. The van der Waals surface area contributed by atoms with Crippen LogP contribution in [0, 0.1) is 10.1 Å². The van der Waals surface area contributed by atoms with Crippen molar-refractivity contribution in [2.24, 2.45) is 0 Å². The highest BCUT2D eigenvalue weighted by Gasteiger charge is 2.21. The zero-order valence-electron chi connectivity index (χ0n) is 10.4. The molecule has 6 heteroatoms. The molecule has 0 aliphatic carbocycles. The number of nitro groups is 1. The molecule has 1 N–H and O–H groups in total. The van der Waals surface area contributed by atoms with Gasteiger partial charge in [-0.15, -0.1) is 0 Å². The van der Waals surface area contributed by atoms with E-state index in [2.05, 4.69) is 10.3 Å². The number of pyridine rings is 1. The molecule has 0 amide bonds. The molecule has 0 aliphatic rings. The Bertz CT molecular complexity index is 573. The molecule has 0 atom stereocenters.